The first-order valence-electron chi connectivity index (χ1n) is 18.8. The van der Waals surface area contributed by atoms with Crippen LogP contribution < -0.4 is 0 Å². The fraction of sp³-hybridized carbons (Fsp3) is 0.707. The van der Waals surface area contributed by atoms with E-state index in [0.29, 0.717) is 11.8 Å². The fourth-order valence-corrected chi connectivity index (χ4v) is 11.6. The summed E-state index contributed by atoms with van der Waals surface area (Å²) >= 11 is 0. The second kappa shape index (κ2) is 14.6. The molecule has 4 rings (SSSR count). The molecule has 0 aromatic heterocycles. The van der Waals surface area contributed by atoms with Crippen LogP contribution in [0.25, 0.3) is 0 Å². The first kappa shape index (κ1) is 40.5. The quantitative estimate of drug-likeness (QED) is 0.136. The third-order valence-electron chi connectivity index (χ3n) is 13.3. The molecule has 5 nitrogen and oxygen atoms in total. The summed E-state index contributed by atoms with van der Waals surface area (Å²) < 4.78 is 45.8. The van der Waals surface area contributed by atoms with Gasteiger partial charge in [0, 0.05) is 0 Å². The van der Waals surface area contributed by atoms with Crippen molar-refractivity contribution in [3.63, 3.8) is 0 Å². The third kappa shape index (κ3) is 9.02. The summed E-state index contributed by atoms with van der Waals surface area (Å²) in [6.07, 6.45) is 12.3. The van der Waals surface area contributed by atoms with Crippen LogP contribution in [0.1, 0.15) is 106 Å². The molecule has 0 N–H and O–H groups in total. The van der Waals surface area contributed by atoms with Gasteiger partial charge < -0.3 is 8.85 Å². The Hall–Kier alpha value is -1.30. The zero-order valence-corrected chi connectivity index (χ0v) is 36.0. The van der Waals surface area contributed by atoms with Crippen molar-refractivity contribution in [1.29, 1.82) is 0 Å². The van der Waals surface area contributed by atoms with Crippen LogP contribution in [0.4, 0.5) is 0 Å². The summed E-state index contributed by atoms with van der Waals surface area (Å²) in [7, 11) is -7.83. The van der Waals surface area contributed by atoms with Gasteiger partial charge in [-0.15, -0.1) is 0 Å². The van der Waals surface area contributed by atoms with Crippen molar-refractivity contribution in [2.45, 2.75) is 161 Å². The van der Waals surface area contributed by atoms with Gasteiger partial charge in [-0.2, -0.15) is 8.42 Å². The molecular formula is C41H68O5SSi2. The van der Waals surface area contributed by atoms with Gasteiger partial charge in [0.05, 0.1) is 23.7 Å². The van der Waals surface area contributed by atoms with Crippen LogP contribution in [0.2, 0.25) is 36.3 Å². The van der Waals surface area contributed by atoms with E-state index in [0.717, 1.165) is 43.2 Å². The van der Waals surface area contributed by atoms with Gasteiger partial charge in [0.25, 0.3) is 10.1 Å². The van der Waals surface area contributed by atoms with Crippen molar-refractivity contribution in [2.75, 3.05) is 6.61 Å². The minimum absolute atomic E-state index is 0.0291. The Bertz CT molecular complexity index is 1470. The number of fused-ring (bicyclic) bond motifs is 1. The van der Waals surface area contributed by atoms with Crippen molar-refractivity contribution in [3.8, 4) is 0 Å². The Morgan fingerprint density at radius 2 is 1.45 bits per heavy atom. The van der Waals surface area contributed by atoms with Gasteiger partial charge in [0.2, 0.25) is 0 Å². The van der Waals surface area contributed by atoms with Crippen molar-refractivity contribution >= 4 is 26.8 Å². The predicted octanol–water partition coefficient (Wildman–Crippen LogP) is 11.5. The van der Waals surface area contributed by atoms with Gasteiger partial charge in [-0.25, -0.2) is 0 Å². The highest BCUT2D eigenvalue weighted by molar-refractivity contribution is 7.86. The molecule has 3 saturated carbocycles. The maximum atomic E-state index is 13.0. The number of hydrogen-bond donors (Lipinski definition) is 0. The minimum atomic E-state index is -3.78. The molecule has 276 valence electrons. The van der Waals surface area contributed by atoms with Gasteiger partial charge in [-0.3, -0.25) is 4.18 Å². The molecule has 0 amide bonds. The first-order valence-corrected chi connectivity index (χ1v) is 26.0. The van der Waals surface area contributed by atoms with Crippen molar-refractivity contribution < 1.29 is 21.5 Å². The highest BCUT2D eigenvalue weighted by Crippen LogP contribution is 2.59. The minimum Gasteiger partial charge on any atom is -0.410 e. The molecule has 0 bridgehead atoms. The molecule has 0 spiro atoms. The molecule has 3 aliphatic rings. The lowest BCUT2D eigenvalue weighted by Crippen LogP contribution is -2.49. The third-order valence-corrected chi connectivity index (χ3v) is 23.5. The number of allylic oxidation sites excluding steroid dienone is 3. The van der Waals surface area contributed by atoms with Crippen LogP contribution in [0.15, 0.2) is 64.6 Å². The zero-order valence-electron chi connectivity index (χ0n) is 33.2. The number of hydrogen-bond acceptors (Lipinski definition) is 5. The van der Waals surface area contributed by atoms with Crippen molar-refractivity contribution in [1.82, 2.24) is 0 Å². The Morgan fingerprint density at radius 3 is 1.96 bits per heavy atom. The average Bonchev–Trinajstić information content (AvgIpc) is 3.33. The maximum Gasteiger partial charge on any atom is 0.296 e. The number of aryl methyl sites for hydroxylation is 1. The molecule has 8 heteroatoms. The Kier molecular flexibility index (Phi) is 12.1. The van der Waals surface area contributed by atoms with Crippen LogP contribution in [0.3, 0.4) is 0 Å². The Morgan fingerprint density at radius 1 is 0.918 bits per heavy atom. The topological polar surface area (TPSA) is 61.8 Å². The van der Waals surface area contributed by atoms with E-state index >= 15 is 0 Å². The molecule has 49 heavy (non-hydrogen) atoms. The van der Waals surface area contributed by atoms with Crippen LogP contribution in [-0.4, -0.2) is 43.9 Å². The van der Waals surface area contributed by atoms with Crippen molar-refractivity contribution in [2.24, 2.45) is 23.2 Å². The SMILES string of the molecule is C=C1[C@@H](O[Si](C)(C)C(C)(C)C)C/C(=C\C=C2/CCC[C@]3(C)[C@@H]([C@H](C)COS(=O)(=O)c4ccc(C)cc4)CC[C@@H]23)C[C@H]1O[Si](C)(C)C(C)(C)C. The number of rotatable bonds is 10. The lowest BCUT2D eigenvalue weighted by atomic mass is 9.61. The lowest BCUT2D eigenvalue weighted by molar-refractivity contribution is 0.0760. The fourth-order valence-electron chi connectivity index (χ4n) is 7.99. The normalized spacial score (nSPS) is 29.8. The van der Waals surface area contributed by atoms with Crippen molar-refractivity contribution in [3.05, 3.63) is 65.3 Å². The molecular weight excluding hydrogens is 661 g/mol. The predicted molar refractivity (Wildman–Crippen MR) is 210 cm³/mol. The summed E-state index contributed by atoms with van der Waals surface area (Å²) in [6.45, 7) is 34.6. The van der Waals surface area contributed by atoms with Crippen LogP contribution in [0, 0.1) is 30.1 Å². The second-order valence-electron chi connectivity index (χ2n) is 18.9. The van der Waals surface area contributed by atoms with E-state index in [4.69, 9.17) is 13.0 Å². The highest BCUT2D eigenvalue weighted by atomic mass is 32.2. The van der Waals surface area contributed by atoms with E-state index in [1.165, 1.54) is 18.4 Å². The summed E-state index contributed by atoms with van der Waals surface area (Å²) in [4.78, 5) is 0.233. The molecule has 0 aliphatic heterocycles. The first-order chi connectivity index (χ1) is 22.4. The molecule has 0 saturated heterocycles. The second-order valence-corrected chi connectivity index (χ2v) is 30.0. The van der Waals surface area contributed by atoms with Crippen LogP contribution in [0.5, 0.6) is 0 Å². The summed E-state index contributed by atoms with van der Waals surface area (Å²) in [6, 6.07) is 6.92. The van der Waals surface area contributed by atoms with E-state index < -0.39 is 26.8 Å². The molecule has 0 unspecified atom stereocenters. The molecule has 0 radical (unpaired) electrons. The zero-order chi connectivity index (χ0) is 36.8. The Balaban J connectivity index is 1.54. The Labute approximate surface area is 302 Å². The van der Waals surface area contributed by atoms with E-state index in [1.54, 1.807) is 17.7 Å². The molecule has 1 aromatic rings. The van der Waals surface area contributed by atoms with Gasteiger partial charge in [-0.05, 0) is 129 Å². The lowest BCUT2D eigenvalue weighted by Gasteiger charge is -2.46. The van der Waals surface area contributed by atoms with Gasteiger partial charge in [0.1, 0.15) is 0 Å². The highest BCUT2D eigenvalue weighted by Gasteiger charge is 2.51. The largest absolute Gasteiger partial charge is 0.410 e. The summed E-state index contributed by atoms with van der Waals surface area (Å²) in [5.41, 5.74) is 5.24. The molecule has 3 fully saturated rings. The smallest absolute Gasteiger partial charge is 0.296 e. The van der Waals surface area contributed by atoms with E-state index in [1.807, 2.05) is 19.1 Å². The monoisotopic (exact) mass is 728 g/mol. The summed E-state index contributed by atoms with van der Waals surface area (Å²) in [5, 5.41) is 0.232. The van der Waals surface area contributed by atoms with E-state index in [-0.39, 0.29) is 45.1 Å². The van der Waals surface area contributed by atoms with E-state index in [2.05, 4.69) is 100 Å². The molecule has 3 aliphatic carbocycles. The number of benzene rings is 1. The maximum absolute atomic E-state index is 13.0. The van der Waals surface area contributed by atoms with Gasteiger partial charge in [-0.1, -0.05) is 103 Å². The standard InChI is InChI=1S/C41H68O5SSi2/c1-29-17-21-34(22-18-29)47(42,43)44-28-30(2)35-23-24-36-33(16-15-25-41(35,36)10)20-19-32-26-37(45-48(11,12)39(4,5)6)31(3)38(27-32)46-49(13,14)40(7,8)9/h17-22,30,35-38H,3,15-16,23-28H2,1-2,4-14H3/b32-19-,33-20+/t30-,35-,36+,37-,38+,41-/m1/s1. The summed E-state index contributed by atoms with van der Waals surface area (Å²) in [5.74, 6) is 1.08. The van der Waals surface area contributed by atoms with Gasteiger partial charge >= 0.3 is 0 Å². The molecule has 6 atom stereocenters. The van der Waals surface area contributed by atoms with Crippen LogP contribution in [-0.2, 0) is 23.2 Å². The van der Waals surface area contributed by atoms with Crippen LogP contribution >= 0.6 is 0 Å². The average molecular weight is 729 g/mol. The molecule has 0 heterocycles. The van der Waals surface area contributed by atoms with E-state index in [9.17, 15) is 8.42 Å². The molecule has 1 aromatic carbocycles. The van der Waals surface area contributed by atoms with Gasteiger partial charge in [0.15, 0.2) is 16.6 Å².